The maximum Gasteiger partial charge on any atom is 0.414 e. The van der Waals surface area contributed by atoms with Crippen molar-refractivity contribution in [3.05, 3.63) is 60.3 Å². The molecule has 7 nitrogen and oxygen atoms in total. The lowest BCUT2D eigenvalue weighted by Crippen LogP contribution is -2.25. The topological polar surface area (TPSA) is 83.6 Å². The van der Waals surface area contributed by atoms with E-state index in [9.17, 15) is 9.59 Å². The molecule has 2 aromatic carbocycles. The number of fused-ring (bicyclic) bond motifs is 2. The monoisotopic (exact) mass is 448 g/mol. The van der Waals surface area contributed by atoms with Gasteiger partial charge in [0.05, 0.1) is 23.5 Å². The van der Waals surface area contributed by atoms with Crippen molar-refractivity contribution in [3.63, 3.8) is 0 Å². The van der Waals surface area contributed by atoms with Gasteiger partial charge in [-0.25, -0.2) is 4.79 Å². The van der Waals surface area contributed by atoms with Gasteiger partial charge in [0.25, 0.3) is 0 Å². The Hall–Kier alpha value is -3.10. The molecule has 2 N–H and O–H groups in total. The maximum absolute atomic E-state index is 12.4. The number of carbonyl (C=O) groups is 2. The van der Waals surface area contributed by atoms with Crippen LogP contribution in [-0.4, -0.2) is 41.9 Å². The van der Waals surface area contributed by atoms with Crippen LogP contribution in [0.5, 0.6) is 0 Å². The van der Waals surface area contributed by atoms with Gasteiger partial charge in [0.1, 0.15) is 6.10 Å². The Bertz CT molecular complexity index is 1160. The summed E-state index contributed by atoms with van der Waals surface area (Å²) in [6.45, 7) is 2.11. The van der Waals surface area contributed by atoms with E-state index in [2.05, 4.69) is 39.9 Å². The molecule has 1 aromatic heterocycles. The van der Waals surface area contributed by atoms with E-state index >= 15 is 0 Å². The van der Waals surface area contributed by atoms with E-state index in [1.54, 1.807) is 4.90 Å². The van der Waals surface area contributed by atoms with Gasteiger partial charge < -0.3 is 15.4 Å². The second kappa shape index (κ2) is 9.18. The molecule has 1 fully saturated rings. The first-order valence-corrected chi connectivity index (χ1v) is 11.7. The number of amides is 2. The van der Waals surface area contributed by atoms with Gasteiger partial charge in [0, 0.05) is 28.7 Å². The van der Waals surface area contributed by atoms with Crippen molar-refractivity contribution in [3.8, 4) is 0 Å². The number of ether oxygens (including phenoxy) is 1. The normalized spacial score (nSPS) is 17.9. The van der Waals surface area contributed by atoms with Gasteiger partial charge in [-0.3, -0.25) is 14.7 Å². The van der Waals surface area contributed by atoms with Gasteiger partial charge in [0.15, 0.2) is 0 Å². The number of benzene rings is 2. The highest BCUT2D eigenvalue weighted by atomic mass is 32.2. The van der Waals surface area contributed by atoms with E-state index in [0.717, 1.165) is 53.1 Å². The number of thioether (sulfide) groups is 1. The van der Waals surface area contributed by atoms with Crippen molar-refractivity contribution < 1.29 is 14.3 Å². The molecule has 0 radical (unpaired) electrons. The Kier molecular flexibility index (Phi) is 5.96. The van der Waals surface area contributed by atoms with Crippen LogP contribution in [0, 0.1) is 0 Å². The molecule has 2 amide bonds. The largest absolute Gasteiger partial charge is 0.444 e. The number of nitrogens with one attached hydrogen (secondary N) is 2. The predicted molar refractivity (Wildman–Crippen MR) is 126 cm³/mol. The van der Waals surface area contributed by atoms with Gasteiger partial charge in [-0.1, -0.05) is 24.3 Å². The number of hydrogen-bond donors (Lipinski definition) is 2. The van der Waals surface area contributed by atoms with Crippen LogP contribution in [0.2, 0.25) is 0 Å². The Morgan fingerprint density at radius 3 is 3.03 bits per heavy atom. The van der Waals surface area contributed by atoms with E-state index in [-0.39, 0.29) is 18.1 Å². The van der Waals surface area contributed by atoms with Gasteiger partial charge in [-0.2, -0.15) is 0 Å². The first kappa shape index (κ1) is 20.8. The number of anilines is 2. The molecule has 3 aromatic rings. The third-order valence-electron chi connectivity index (χ3n) is 5.69. The molecular formula is C24H24N4O3S. The zero-order valence-corrected chi connectivity index (χ0v) is 18.4. The summed E-state index contributed by atoms with van der Waals surface area (Å²) < 4.78 is 5.57. The van der Waals surface area contributed by atoms with Crippen LogP contribution < -0.4 is 15.5 Å². The summed E-state index contributed by atoms with van der Waals surface area (Å²) in [7, 11) is 0. The fraction of sp³-hybridized carbons (Fsp3) is 0.292. The molecule has 1 saturated heterocycles. The van der Waals surface area contributed by atoms with Crippen LogP contribution in [0.1, 0.15) is 18.4 Å². The SMILES string of the molecule is O=C1CSc2ccc(N3C[C@H](CCCNCc4cccc5cccnc45)OC3=O)cc2N1. The second-order valence-corrected chi connectivity index (χ2v) is 8.96. The van der Waals surface area contributed by atoms with E-state index in [0.29, 0.717) is 12.3 Å². The van der Waals surface area contributed by atoms with Gasteiger partial charge >= 0.3 is 6.09 Å². The lowest BCUT2D eigenvalue weighted by molar-refractivity contribution is -0.113. The lowest BCUT2D eigenvalue weighted by Gasteiger charge is -2.20. The van der Waals surface area contributed by atoms with Crippen molar-refractivity contribution in [2.75, 3.05) is 29.1 Å². The first-order valence-electron chi connectivity index (χ1n) is 10.8. The van der Waals surface area contributed by atoms with E-state index < -0.39 is 0 Å². The highest BCUT2D eigenvalue weighted by molar-refractivity contribution is 8.00. The van der Waals surface area contributed by atoms with Crippen LogP contribution in [0.25, 0.3) is 10.9 Å². The van der Waals surface area contributed by atoms with Crippen molar-refractivity contribution in [2.24, 2.45) is 0 Å². The van der Waals surface area contributed by atoms with Crippen LogP contribution in [0.4, 0.5) is 16.2 Å². The minimum absolute atomic E-state index is 0.0201. The maximum atomic E-state index is 12.4. The van der Waals surface area contributed by atoms with Crippen molar-refractivity contribution >= 4 is 46.0 Å². The average Bonchev–Trinajstić information content (AvgIpc) is 3.18. The molecule has 0 spiro atoms. The van der Waals surface area contributed by atoms with Crippen LogP contribution in [-0.2, 0) is 16.1 Å². The summed E-state index contributed by atoms with van der Waals surface area (Å²) in [5, 5.41) is 7.49. The number of hydrogen-bond acceptors (Lipinski definition) is 6. The Labute approximate surface area is 190 Å². The van der Waals surface area contributed by atoms with E-state index in [1.807, 2.05) is 30.5 Å². The number of rotatable bonds is 7. The smallest absolute Gasteiger partial charge is 0.414 e. The molecule has 164 valence electrons. The number of pyridine rings is 1. The molecular weight excluding hydrogens is 424 g/mol. The number of para-hydroxylation sites is 1. The number of carbonyl (C=O) groups excluding carboxylic acids is 2. The predicted octanol–water partition coefficient (Wildman–Crippen LogP) is 4.17. The summed E-state index contributed by atoms with van der Waals surface area (Å²) in [5.41, 5.74) is 3.72. The summed E-state index contributed by atoms with van der Waals surface area (Å²) in [6, 6.07) is 15.9. The van der Waals surface area contributed by atoms with E-state index in [1.165, 1.54) is 17.3 Å². The standard InChI is InChI=1S/C24H24N4O3S/c29-22-15-32-21-9-8-18(12-20(21)27-22)28-14-19(31-24(28)30)7-3-10-25-13-17-5-1-4-16-6-2-11-26-23(16)17/h1-2,4-6,8-9,11-12,19,25H,3,7,10,13-15H2,(H,27,29)/t19-/m0/s1. The van der Waals surface area contributed by atoms with Crippen molar-refractivity contribution in [1.29, 1.82) is 0 Å². The summed E-state index contributed by atoms with van der Waals surface area (Å²) in [5.74, 6) is 0.402. The Balaban J connectivity index is 1.11. The summed E-state index contributed by atoms with van der Waals surface area (Å²) >= 11 is 1.51. The Morgan fingerprint density at radius 1 is 1.19 bits per heavy atom. The number of cyclic esters (lactones) is 1. The lowest BCUT2D eigenvalue weighted by atomic mass is 10.1. The third kappa shape index (κ3) is 4.42. The summed E-state index contributed by atoms with van der Waals surface area (Å²) in [4.78, 5) is 31.2. The Morgan fingerprint density at radius 2 is 2.09 bits per heavy atom. The highest BCUT2D eigenvalue weighted by Gasteiger charge is 2.32. The van der Waals surface area contributed by atoms with Gasteiger partial charge in [-0.05, 0) is 49.2 Å². The van der Waals surface area contributed by atoms with Gasteiger partial charge in [0.2, 0.25) is 5.91 Å². The molecule has 32 heavy (non-hydrogen) atoms. The number of nitrogens with zero attached hydrogens (tertiary/aromatic N) is 2. The second-order valence-electron chi connectivity index (χ2n) is 7.94. The minimum Gasteiger partial charge on any atom is -0.444 e. The average molecular weight is 449 g/mol. The molecule has 0 bridgehead atoms. The molecule has 2 aliphatic heterocycles. The zero-order valence-electron chi connectivity index (χ0n) is 17.5. The minimum atomic E-state index is -0.334. The van der Waals surface area contributed by atoms with E-state index in [4.69, 9.17) is 4.74 Å². The fourth-order valence-electron chi connectivity index (χ4n) is 4.11. The third-order valence-corrected chi connectivity index (χ3v) is 6.77. The molecule has 5 rings (SSSR count). The zero-order chi connectivity index (χ0) is 21.9. The fourth-order valence-corrected chi connectivity index (χ4v) is 4.90. The first-order chi connectivity index (χ1) is 15.7. The van der Waals surface area contributed by atoms with Gasteiger partial charge in [-0.15, -0.1) is 11.8 Å². The molecule has 0 unspecified atom stereocenters. The molecule has 1 atom stereocenters. The molecule has 2 aliphatic rings. The molecule has 0 aliphatic carbocycles. The summed E-state index contributed by atoms with van der Waals surface area (Å²) in [6.07, 6.45) is 3.05. The van der Waals surface area contributed by atoms with Crippen LogP contribution in [0.3, 0.4) is 0 Å². The highest BCUT2D eigenvalue weighted by Crippen LogP contribution is 2.35. The number of aromatic nitrogens is 1. The van der Waals surface area contributed by atoms with Crippen LogP contribution in [0.15, 0.2) is 59.6 Å². The molecule has 8 heteroatoms. The molecule has 3 heterocycles. The van der Waals surface area contributed by atoms with Crippen molar-refractivity contribution in [1.82, 2.24) is 10.3 Å². The van der Waals surface area contributed by atoms with Crippen molar-refractivity contribution in [2.45, 2.75) is 30.4 Å². The van der Waals surface area contributed by atoms with Crippen LogP contribution >= 0.6 is 11.8 Å². The molecule has 0 saturated carbocycles. The quantitative estimate of drug-likeness (QED) is 0.528.